The molecule has 1 N–H and O–H groups in total. The van der Waals surface area contributed by atoms with E-state index < -0.39 is 29.7 Å². The lowest BCUT2D eigenvalue weighted by Crippen LogP contribution is -2.13. The van der Waals surface area contributed by atoms with Crippen LogP contribution in [0.5, 0.6) is 5.75 Å². The van der Waals surface area contributed by atoms with E-state index in [9.17, 15) is 22.8 Å². The molecule has 0 bridgehead atoms. The zero-order valence-corrected chi connectivity index (χ0v) is 15.9. The number of alkyl halides is 3. The normalized spacial score (nSPS) is 11.6. The molecule has 158 valence electrons. The zero-order valence-electron chi connectivity index (χ0n) is 15.2. The third-order valence-electron chi connectivity index (χ3n) is 3.99. The Morgan fingerprint density at radius 2 is 1.90 bits per heavy atom. The molecule has 1 aromatic heterocycles. The second-order valence-corrected chi connectivity index (χ2v) is 6.50. The van der Waals surface area contributed by atoms with Crippen LogP contribution in [-0.2, 0) is 15.7 Å². The van der Waals surface area contributed by atoms with Crippen molar-refractivity contribution in [3.05, 3.63) is 63.3 Å². The van der Waals surface area contributed by atoms with Crippen molar-refractivity contribution >= 4 is 28.5 Å². The molecule has 3 rings (SSSR count). The van der Waals surface area contributed by atoms with Gasteiger partial charge in [0.1, 0.15) is 24.7 Å². The number of carbonyl (C=O) groups is 1. The molecule has 0 saturated heterocycles. The van der Waals surface area contributed by atoms with Crippen LogP contribution < -0.4 is 10.2 Å². The number of para-hydroxylation sites is 1. The second-order valence-electron chi connectivity index (χ2n) is 6.09. The number of carboxylic acids is 1. The van der Waals surface area contributed by atoms with Crippen molar-refractivity contribution in [2.75, 3.05) is 19.8 Å². The molecular formula is C20H14ClF3O6. The summed E-state index contributed by atoms with van der Waals surface area (Å²) < 4.78 is 55.2. The van der Waals surface area contributed by atoms with Crippen molar-refractivity contribution in [1.29, 1.82) is 0 Å². The Bertz CT molecular complexity index is 1140. The van der Waals surface area contributed by atoms with Gasteiger partial charge in [-0.05, 0) is 30.3 Å². The number of rotatable bonds is 7. The van der Waals surface area contributed by atoms with Gasteiger partial charge in [0.05, 0.1) is 28.1 Å². The Balaban J connectivity index is 2.01. The number of hydrogen-bond donors (Lipinski definition) is 1. The Kier molecular flexibility index (Phi) is 6.33. The first-order chi connectivity index (χ1) is 14.2. The predicted octanol–water partition coefficient (Wildman–Crippen LogP) is 4.61. The van der Waals surface area contributed by atoms with E-state index in [1.807, 2.05) is 0 Å². The van der Waals surface area contributed by atoms with E-state index >= 15 is 0 Å². The molecule has 0 radical (unpaired) electrons. The van der Waals surface area contributed by atoms with Crippen LogP contribution in [-0.4, -0.2) is 30.9 Å². The summed E-state index contributed by atoms with van der Waals surface area (Å²) in [7, 11) is 0. The highest BCUT2D eigenvalue weighted by molar-refractivity contribution is 6.34. The summed E-state index contributed by atoms with van der Waals surface area (Å²) in [5.74, 6) is -1.43. The Morgan fingerprint density at radius 3 is 2.60 bits per heavy atom. The van der Waals surface area contributed by atoms with Gasteiger partial charge in [-0.3, -0.25) is 4.79 Å². The monoisotopic (exact) mass is 442 g/mol. The number of halogens is 4. The maximum atomic E-state index is 13.1. The minimum Gasteiger partial charge on any atom is -0.490 e. The minimum atomic E-state index is -4.62. The van der Waals surface area contributed by atoms with Gasteiger partial charge in [0.2, 0.25) is 0 Å². The highest BCUT2D eigenvalue weighted by Gasteiger charge is 2.31. The summed E-state index contributed by atoms with van der Waals surface area (Å²) in [6.45, 7) is -0.966. The van der Waals surface area contributed by atoms with Crippen LogP contribution in [0, 0.1) is 0 Å². The smallest absolute Gasteiger partial charge is 0.416 e. The van der Waals surface area contributed by atoms with Gasteiger partial charge in [0.15, 0.2) is 11.0 Å². The third-order valence-corrected chi connectivity index (χ3v) is 4.29. The van der Waals surface area contributed by atoms with Crippen molar-refractivity contribution in [3.63, 3.8) is 0 Å². The molecule has 0 amide bonds. The Morgan fingerprint density at radius 1 is 1.13 bits per heavy atom. The molecular weight excluding hydrogens is 429 g/mol. The fourth-order valence-electron chi connectivity index (χ4n) is 2.67. The molecule has 0 saturated carbocycles. The van der Waals surface area contributed by atoms with Crippen LogP contribution in [0.1, 0.15) is 5.56 Å². The fourth-order valence-corrected chi connectivity index (χ4v) is 2.88. The highest BCUT2D eigenvalue weighted by Crippen LogP contribution is 2.38. The number of ether oxygens (including phenoxy) is 2. The summed E-state index contributed by atoms with van der Waals surface area (Å²) in [5.41, 5.74) is -1.20. The van der Waals surface area contributed by atoms with E-state index in [0.29, 0.717) is 0 Å². The van der Waals surface area contributed by atoms with Crippen LogP contribution in [0.15, 0.2) is 51.7 Å². The summed E-state index contributed by atoms with van der Waals surface area (Å²) in [4.78, 5) is 22.9. The van der Waals surface area contributed by atoms with Crippen LogP contribution in [0.25, 0.3) is 22.3 Å². The maximum absolute atomic E-state index is 13.1. The average Bonchev–Trinajstić information content (AvgIpc) is 2.67. The first kappa shape index (κ1) is 21.7. The summed E-state index contributed by atoms with van der Waals surface area (Å²) in [6, 6.07) is 8.46. The summed E-state index contributed by atoms with van der Waals surface area (Å²) in [5, 5.41) is 8.93. The predicted molar refractivity (Wildman–Crippen MR) is 102 cm³/mol. The van der Waals surface area contributed by atoms with E-state index in [2.05, 4.69) is 0 Å². The van der Waals surface area contributed by atoms with E-state index in [-0.39, 0.29) is 46.3 Å². The lowest BCUT2D eigenvalue weighted by molar-refractivity contribution is -0.142. The fraction of sp³-hybridized carbons (Fsp3) is 0.200. The molecule has 0 aliphatic carbocycles. The molecule has 0 fully saturated rings. The van der Waals surface area contributed by atoms with Gasteiger partial charge in [-0.25, -0.2) is 4.79 Å². The van der Waals surface area contributed by atoms with Crippen molar-refractivity contribution in [1.82, 2.24) is 0 Å². The van der Waals surface area contributed by atoms with Gasteiger partial charge in [-0.1, -0.05) is 17.7 Å². The minimum absolute atomic E-state index is 0.0317. The second kappa shape index (κ2) is 8.76. The van der Waals surface area contributed by atoms with Crippen molar-refractivity contribution in [2.45, 2.75) is 6.18 Å². The van der Waals surface area contributed by atoms with Gasteiger partial charge in [-0.2, -0.15) is 13.2 Å². The quantitative estimate of drug-likeness (QED) is 0.538. The van der Waals surface area contributed by atoms with Gasteiger partial charge < -0.3 is 19.0 Å². The highest BCUT2D eigenvalue weighted by atomic mass is 35.5. The molecule has 6 nitrogen and oxygen atoms in total. The molecule has 2 aromatic carbocycles. The van der Waals surface area contributed by atoms with Crippen molar-refractivity contribution < 1.29 is 37.0 Å². The number of fused-ring (bicyclic) bond motifs is 1. The van der Waals surface area contributed by atoms with Crippen LogP contribution in [0.3, 0.4) is 0 Å². The van der Waals surface area contributed by atoms with Crippen LogP contribution >= 0.6 is 11.6 Å². The van der Waals surface area contributed by atoms with E-state index in [1.165, 1.54) is 12.1 Å². The van der Waals surface area contributed by atoms with Crippen LogP contribution in [0.4, 0.5) is 13.2 Å². The molecule has 3 aromatic rings. The SMILES string of the molecule is O=C(O)COCCOc1cc(C(F)(F)F)ccc1-c1cc(=O)c2cccc(Cl)c2o1. The molecule has 0 spiro atoms. The van der Waals surface area contributed by atoms with E-state index in [0.717, 1.165) is 24.3 Å². The van der Waals surface area contributed by atoms with Crippen molar-refractivity contribution in [2.24, 2.45) is 0 Å². The summed E-state index contributed by atoms with van der Waals surface area (Å²) >= 11 is 6.08. The maximum Gasteiger partial charge on any atom is 0.416 e. The molecule has 0 aliphatic rings. The molecule has 1 heterocycles. The molecule has 10 heteroatoms. The summed E-state index contributed by atoms with van der Waals surface area (Å²) in [6.07, 6.45) is -4.62. The molecule has 0 aliphatic heterocycles. The number of aliphatic carboxylic acids is 1. The Labute approximate surface area is 172 Å². The first-order valence-electron chi connectivity index (χ1n) is 8.53. The van der Waals surface area contributed by atoms with Crippen LogP contribution in [0.2, 0.25) is 5.02 Å². The Hall–Kier alpha value is -3.04. The largest absolute Gasteiger partial charge is 0.490 e. The van der Waals surface area contributed by atoms with Gasteiger partial charge in [-0.15, -0.1) is 0 Å². The van der Waals surface area contributed by atoms with Crippen molar-refractivity contribution in [3.8, 4) is 17.1 Å². The van der Waals surface area contributed by atoms with E-state index in [4.69, 9.17) is 30.6 Å². The molecule has 30 heavy (non-hydrogen) atoms. The van der Waals surface area contributed by atoms with E-state index in [1.54, 1.807) is 6.07 Å². The zero-order chi connectivity index (χ0) is 21.9. The standard InChI is InChI=1S/C20H14ClF3O6/c21-14-3-1-2-12-15(25)9-17(30-19(12)14)13-5-4-11(20(22,23)24)8-16(13)29-7-6-28-10-18(26)27/h1-5,8-9H,6-7,10H2,(H,26,27). The third kappa shape index (κ3) is 4.92. The number of benzene rings is 2. The van der Waals surface area contributed by atoms with Gasteiger partial charge in [0, 0.05) is 6.07 Å². The molecule has 0 unspecified atom stereocenters. The lowest BCUT2D eigenvalue weighted by Gasteiger charge is -2.15. The average molecular weight is 443 g/mol. The number of hydrogen-bond acceptors (Lipinski definition) is 5. The van der Waals surface area contributed by atoms with Gasteiger partial charge in [0.25, 0.3) is 0 Å². The number of carboxylic acid groups (broad SMARTS) is 1. The lowest BCUT2D eigenvalue weighted by atomic mass is 10.1. The first-order valence-corrected chi connectivity index (χ1v) is 8.91. The van der Waals surface area contributed by atoms with Gasteiger partial charge >= 0.3 is 12.1 Å². The topological polar surface area (TPSA) is 86.0 Å². The molecule has 0 atom stereocenters.